The molecule has 3 aromatic heterocycles. The Morgan fingerprint density at radius 1 is 1.19 bits per heavy atom. The summed E-state index contributed by atoms with van der Waals surface area (Å²) in [5.41, 5.74) is 9.28. The maximum atomic E-state index is 6.09. The summed E-state index contributed by atoms with van der Waals surface area (Å²) in [7, 11) is 0. The van der Waals surface area contributed by atoms with Gasteiger partial charge in [-0.3, -0.25) is 0 Å². The minimum absolute atomic E-state index is 0.558. The molecule has 0 unspecified atom stereocenters. The third kappa shape index (κ3) is 2.51. The van der Waals surface area contributed by atoms with E-state index in [-0.39, 0.29) is 0 Å². The lowest BCUT2D eigenvalue weighted by molar-refractivity contribution is 0.392. The molecule has 0 aliphatic rings. The first-order valence-corrected chi connectivity index (χ1v) is 8.35. The maximum absolute atomic E-state index is 6.09. The van der Waals surface area contributed by atoms with E-state index in [2.05, 4.69) is 29.0 Å². The molecule has 0 radical (unpaired) electrons. The van der Waals surface area contributed by atoms with Gasteiger partial charge in [0, 0.05) is 16.2 Å². The Hall–Kier alpha value is -1.60. The van der Waals surface area contributed by atoms with E-state index >= 15 is 0 Å². The summed E-state index contributed by atoms with van der Waals surface area (Å²) < 4.78 is 5.17. The molecule has 0 amide bonds. The molecule has 0 atom stereocenters. The quantitative estimate of drug-likeness (QED) is 0.584. The summed E-state index contributed by atoms with van der Waals surface area (Å²) in [6.07, 6.45) is 0. The Bertz CT molecular complexity index is 803. The van der Waals surface area contributed by atoms with Crippen LogP contribution in [0, 0.1) is 27.7 Å². The van der Waals surface area contributed by atoms with Crippen molar-refractivity contribution < 1.29 is 4.52 Å². The van der Waals surface area contributed by atoms with Gasteiger partial charge in [0.1, 0.15) is 16.4 Å². The number of thioether (sulfide) groups is 1. The predicted molar refractivity (Wildman–Crippen MR) is 86.8 cm³/mol. The third-order valence-corrected chi connectivity index (χ3v) is 5.54. The van der Waals surface area contributed by atoms with Crippen LogP contribution in [0.3, 0.4) is 0 Å². The first-order valence-electron chi connectivity index (χ1n) is 6.55. The molecule has 3 heterocycles. The third-order valence-electron chi connectivity index (χ3n) is 3.56. The number of aromatic nitrogens is 3. The number of thiophene rings is 1. The van der Waals surface area contributed by atoms with Gasteiger partial charge < -0.3 is 10.3 Å². The Balaban J connectivity index is 1.91. The smallest absolute Gasteiger partial charge is 0.191 e. The summed E-state index contributed by atoms with van der Waals surface area (Å²) in [4.78, 5) is 11.2. The molecule has 7 heteroatoms. The zero-order valence-corrected chi connectivity index (χ0v) is 14.0. The van der Waals surface area contributed by atoms with E-state index in [1.54, 1.807) is 23.1 Å². The Morgan fingerprint density at radius 3 is 2.62 bits per heavy atom. The Morgan fingerprint density at radius 2 is 1.95 bits per heavy atom. The van der Waals surface area contributed by atoms with E-state index in [0.29, 0.717) is 11.0 Å². The highest BCUT2D eigenvalue weighted by molar-refractivity contribution is 7.98. The second-order valence-electron chi connectivity index (χ2n) is 4.95. The normalized spacial score (nSPS) is 11.4. The van der Waals surface area contributed by atoms with Crippen LogP contribution in [-0.4, -0.2) is 15.1 Å². The highest BCUT2D eigenvalue weighted by Gasteiger charge is 2.14. The van der Waals surface area contributed by atoms with Crippen molar-refractivity contribution >= 4 is 39.1 Å². The van der Waals surface area contributed by atoms with E-state index in [1.165, 1.54) is 10.4 Å². The van der Waals surface area contributed by atoms with Crippen molar-refractivity contribution in [3.63, 3.8) is 0 Å². The number of hydrogen-bond acceptors (Lipinski definition) is 7. The number of hydrogen-bond donors (Lipinski definition) is 1. The van der Waals surface area contributed by atoms with E-state index in [0.717, 1.165) is 33.0 Å². The average molecular weight is 320 g/mol. The fraction of sp³-hybridized carbons (Fsp3) is 0.357. The van der Waals surface area contributed by atoms with Gasteiger partial charge in [-0.25, -0.2) is 9.97 Å². The van der Waals surface area contributed by atoms with Crippen LogP contribution in [0.15, 0.2) is 9.68 Å². The number of anilines is 1. The summed E-state index contributed by atoms with van der Waals surface area (Å²) in [6.45, 7) is 8.00. The summed E-state index contributed by atoms with van der Waals surface area (Å²) in [5, 5.41) is 5.64. The minimum Gasteiger partial charge on any atom is -0.383 e. The van der Waals surface area contributed by atoms with Gasteiger partial charge >= 0.3 is 0 Å². The molecule has 0 saturated carbocycles. The molecular formula is C14H16N4OS2. The topological polar surface area (TPSA) is 77.8 Å². The summed E-state index contributed by atoms with van der Waals surface area (Å²) in [5.74, 6) is 2.13. The van der Waals surface area contributed by atoms with Gasteiger partial charge in [0.25, 0.3) is 0 Å². The first-order chi connectivity index (χ1) is 9.97. The molecule has 0 spiro atoms. The fourth-order valence-electron chi connectivity index (χ4n) is 2.17. The van der Waals surface area contributed by atoms with Gasteiger partial charge in [-0.2, -0.15) is 0 Å². The molecule has 0 aromatic carbocycles. The van der Waals surface area contributed by atoms with Crippen molar-refractivity contribution in [3.8, 4) is 0 Å². The molecule has 2 N–H and O–H groups in total. The molecule has 0 saturated heterocycles. The van der Waals surface area contributed by atoms with Gasteiger partial charge in [-0.15, -0.1) is 11.3 Å². The lowest BCUT2D eigenvalue weighted by Gasteiger charge is -2.03. The number of rotatable bonds is 3. The van der Waals surface area contributed by atoms with E-state index in [1.807, 2.05) is 13.8 Å². The van der Waals surface area contributed by atoms with Gasteiger partial charge in [0.15, 0.2) is 5.16 Å². The van der Waals surface area contributed by atoms with E-state index in [9.17, 15) is 0 Å². The number of nitrogens with two attached hydrogens (primary N) is 1. The average Bonchev–Trinajstić information content (AvgIpc) is 2.89. The second kappa shape index (κ2) is 5.31. The Labute approximate surface area is 131 Å². The minimum atomic E-state index is 0.558. The zero-order valence-electron chi connectivity index (χ0n) is 12.4. The highest BCUT2D eigenvalue weighted by atomic mass is 32.2. The van der Waals surface area contributed by atoms with Crippen LogP contribution in [0.25, 0.3) is 10.2 Å². The lowest BCUT2D eigenvalue weighted by atomic mass is 10.2. The van der Waals surface area contributed by atoms with Crippen LogP contribution in [0.2, 0.25) is 0 Å². The molecule has 3 rings (SSSR count). The van der Waals surface area contributed by atoms with Gasteiger partial charge in [0.05, 0.1) is 11.1 Å². The molecular weight excluding hydrogens is 304 g/mol. The summed E-state index contributed by atoms with van der Waals surface area (Å²) >= 11 is 3.22. The van der Waals surface area contributed by atoms with E-state index in [4.69, 9.17) is 10.3 Å². The van der Waals surface area contributed by atoms with Crippen molar-refractivity contribution in [2.45, 2.75) is 38.6 Å². The van der Waals surface area contributed by atoms with Crippen LogP contribution in [0.1, 0.15) is 27.5 Å². The lowest BCUT2D eigenvalue weighted by Crippen LogP contribution is -1.96. The zero-order chi connectivity index (χ0) is 15.1. The van der Waals surface area contributed by atoms with Crippen molar-refractivity contribution in [1.82, 2.24) is 15.1 Å². The number of aryl methyl sites for hydroxylation is 4. The number of fused-ring (bicyclic) bond motifs is 1. The van der Waals surface area contributed by atoms with Crippen LogP contribution in [-0.2, 0) is 5.75 Å². The molecule has 110 valence electrons. The molecule has 5 nitrogen and oxygen atoms in total. The first kappa shape index (κ1) is 14.3. The molecule has 3 aromatic rings. The fourth-order valence-corrected chi connectivity index (χ4v) is 4.27. The largest absolute Gasteiger partial charge is 0.383 e. The Kier molecular flexibility index (Phi) is 3.62. The van der Waals surface area contributed by atoms with Gasteiger partial charge in [-0.05, 0) is 33.3 Å². The van der Waals surface area contributed by atoms with Gasteiger partial charge in [-0.1, -0.05) is 16.9 Å². The molecule has 0 aliphatic carbocycles. The van der Waals surface area contributed by atoms with Gasteiger partial charge in [0.2, 0.25) is 0 Å². The van der Waals surface area contributed by atoms with Crippen LogP contribution >= 0.6 is 23.1 Å². The predicted octanol–water partition coefficient (Wildman–Crippen LogP) is 3.79. The SMILES string of the molecule is Cc1noc(C)c1CSc1nc(N)c2c(C)c(C)sc2n1. The monoisotopic (exact) mass is 320 g/mol. The van der Waals surface area contributed by atoms with Crippen molar-refractivity contribution in [2.75, 3.05) is 5.73 Å². The maximum Gasteiger partial charge on any atom is 0.191 e. The summed E-state index contributed by atoms with van der Waals surface area (Å²) in [6, 6.07) is 0. The van der Waals surface area contributed by atoms with Crippen molar-refractivity contribution in [3.05, 3.63) is 27.5 Å². The standard InChI is InChI=1S/C14H16N4OS2/c1-6-9(4)21-13-11(6)12(15)16-14(17-13)20-5-10-7(2)18-19-8(10)3/h5H2,1-4H3,(H2,15,16,17). The molecule has 21 heavy (non-hydrogen) atoms. The molecule has 0 bridgehead atoms. The van der Waals surface area contributed by atoms with Crippen LogP contribution < -0.4 is 5.73 Å². The van der Waals surface area contributed by atoms with Crippen molar-refractivity contribution in [1.29, 1.82) is 0 Å². The second-order valence-corrected chi connectivity index (χ2v) is 7.09. The highest BCUT2D eigenvalue weighted by Crippen LogP contribution is 2.34. The van der Waals surface area contributed by atoms with Crippen LogP contribution in [0.4, 0.5) is 5.82 Å². The van der Waals surface area contributed by atoms with Crippen molar-refractivity contribution in [2.24, 2.45) is 0 Å². The molecule has 0 fully saturated rings. The molecule has 0 aliphatic heterocycles. The number of nitrogen functional groups attached to an aromatic ring is 1. The van der Waals surface area contributed by atoms with Crippen LogP contribution in [0.5, 0.6) is 0 Å². The number of nitrogens with zero attached hydrogens (tertiary/aromatic N) is 3. The van der Waals surface area contributed by atoms with E-state index < -0.39 is 0 Å².